The van der Waals surface area contributed by atoms with Gasteiger partial charge in [-0.2, -0.15) is 0 Å². The molecule has 1 fully saturated rings. The predicted octanol–water partition coefficient (Wildman–Crippen LogP) is 0.822. The molecule has 0 radical (unpaired) electrons. The van der Waals surface area contributed by atoms with E-state index in [1.165, 1.54) is 16.7 Å². The van der Waals surface area contributed by atoms with Crippen LogP contribution in [0.4, 0.5) is 0 Å². The molecule has 1 aromatic rings. The minimum Gasteiger partial charge on any atom is -0.484 e. The van der Waals surface area contributed by atoms with E-state index >= 15 is 0 Å². The molecule has 2 unspecified atom stereocenters. The third-order valence-corrected chi connectivity index (χ3v) is 5.13. The van der Waals surface area contributed by atoms with Crippen molar-refractivity contribution in [3.63, 3.8) is 0 Å². The molecule has 3 atom stereocenters. The first-order valence-electron chi connectivity index (χ1n) is 7.33. The quantitative estimate of drug-likeness (QED) is 0.765. The average molecular weight is 348 g/mol. The number of fused-ring (bicyclic) bond motifs is 1. The second kappa shape index (κ2) is 6.56. The fourth-order valence-electron chi connectivity index (χ4n) is 2.69. The number of carbonyl (C=O) groups is 3. The summed E-state index contributed by atoms with van der Waals surface area (Å²) in [5, 5.41) is 13.2. The van der Waals surface area contributed by atoms with Gasteiger partial charge >= 0.3 is 5.97 Å². The molecular formula is C16H16N2O5S. The van der Waals surface area contributed by atoms with Crippen molar-refractivity contribution in [3.8, 4) is 5.75 Å². The summed E-state index contributed by atoms with van der Waals surface area (Å²) in [6, 6.07) is 7.19. The van der Waals surface area contributed by atoms with Crippen LogP contribution in [0.5, 0.6) is 5.75 Å². The van der Waals surface area contributed by atoms with E-state index in [0.717, 1.165) is 0 Å². The average Bonchev–Trinajstić information content (AvgIpc) is 2.58. The maximum absolute atomic E-state index is 12.2. The number of para-hydroxylation sites is 1. The highest BCUT2D eigenvalue weighted by Gasteiger charge is 2.55. The van der Waals surface area contributed by atoms with E-state index in [0.29, 0.717) is 11.3 Å². The monoisotopic (exact) mass is 348 g/mol. The fourth-order valence-corrected chi connectivity index (χ4v) is 3.87. The van der Waals surface area contributed by atoms with Crippen LogP contribution in [0, 0.1) is 0 Å². The summed E-state index contributed by atoms with van der Waals surface area (Å²) in [6.07, 6.45) is 0. The molecule has 1 aromatic carbocycles. The molecular weight excluding hydrogens is 332 g/mol. The van der Waals surface area contributed by atoms with Crippen molar-refractivity contribution in [2.75, 3.05) is 6.61 Å². The third-order valence-electron chi connectivity index (χ3n) is 3.85. The van der Waals surface area contributed by atoms with Gasteiger partial charge in [0, 0.05) is 0 Å². The number of ether oxygens (including phenoxy) is 1. The lowest BCUT2D eigenvalue weighted by atomic mass is 9.99. The maximum atomic E-state index is 12.2. The largest absolute Gasteiger partial charge is 0.484 e. The van der Waals surface area contributed by atoms with Gasteiger partial charge in [0.2, 0.25) is 5.91 Å². The Hall–Kier alpha value is -2.48. The minimum atomic E-state index is -1.07. The number of carboxylic acids is 1. The Labute approximate surface area is 142 Å². The standard InChI is InChI=1S/C16H16N2O5S/c1-9-8-24-15-12(14(20)18(15)13(9)16(21)22)17-11(19)7-23-10-5-3-2-4-6-10/h2-6,8,12-13,15H,7H2,1H3,(H,17,19)(H,21,22)/t12?,13?,15-/m1/s1. The summed E-state index contributed by atoms with van der Waals surface area (Å²) in [4.78, 5) is 36.8. The van der Waals surface area contributed by atoms with Gasteiger partial charge in [-0.05, 0) is 30.0 Å². The van der Waals surface area contributed by atoms with Crippen molar-refractivity contribution in [3.05, 3.63) is 41.3 Å². The predicted molar refractivity (Wildman–Crippen MR) is 87.3 cm³/mol. The summed E-state index contributed by atoms with van der Waals surface area (Å²) in [7, 11) is 0. The van der Waals surface area contributed by atoms with Crippen LogP contribution < -0.4 is 10.1 Å². The van der Waals surface area contributed by atoms with Crippen LogP contribution in [-0.4, -0.2) is 51.9 Å². The van der Waals surface area contributed by atoms with Gasteiger partial charge < -0.3 is 20.1 Å². The van der Waals surface area contributed by atoms with Crippen LogP contribution in [0.25, 0.3) is 0 Å². The van der Waals surface area contributed by atoms with E-state index in [1.54, 1.807) is 36.6 Å². The van der Waals surface area contributed by atoms with E-state index in [1.807, 2.05) is 6.07 Å². The summed E-state index contributed by atoms with van der Waals surface area (Å²) in [6.45, 7) is 1.47. The molecule has 0 bridgehead atoms. The third kappa shape index (κ3) is 2.96. The first-order chi connectivity index (χ1) is 11.5. The molecule has 1 saturated heterocycles. The van der Waals surface area contributed by atoms with E-state index in [2.05, 4.69) is 5.32 Å². The molecule has 0 aromatic heterocycles. The van der Waals surface area contributed by atoms with Gasteiger partial charge in [0.25, 0.3) is 5.91 Å². The second-order valence-electron chi connectivity index (χ2n) is 5.52. The lowest BCUT2D eigenvalue weighted by Gasteiger charge is -2.51. The van der Waals surface area contributed by atoms with Crippen LogP contribution in [0.1, 0.15) is 6.92 Å². The Morgan fingerprint density at radius 1 is 1.33 bits per heavy atom. The number of carboxylic acid groups (broad SMARTS) is 1. The van der Waals surface area contributed by atoms with Crippen molar-refractivity contribution in [2.24, 2.45) is 0 Å². The maximum Gasteiger partial charge on any atom is 0.330 e. The number of rotatable bonds is 5. The van der Waals surface area contributed by atoms with Crippen molar-refractivity contribution in [1.82, 2.24) is 10.2 Å². The van der Waals surface area contributed by atoms with Gasteiger partial charge in [-0.3, -0.25) is 9.59 Å². The van der Waals surface area contributed by atoms with Gasteiger partial charge in [0.1, 0.15) is 17.2 Å². The SMILES string of the molecule is CC1=CS[C@@H]2C(NC(=O)COc3ccccc3)C(=O)N2C1C(=O)O. The number of nitrogens with zero attached hydrogens (tertiary/aromatic N) is 1. The molecule has 3 rings (SSSR count). The highest BCUT2D eigenvalue weighted by Crippen LogP contribution is 2.39. The highest BCUT2D eigenvalue weighted by atomic mass is 32.2. The fraction of sp³-hybridized carbons (Fsp3) is 0.312. The Morgan fingerprint density at radius 3 is 2.71 bits per heavy atom. The van der Waals surface area contributed by atoms with Crippen LogP contribution in [0.2, 0.25) is 0 Å². The number of thioether (sulfide) groups is 1. The number of hydrogen-bond acceptors (Lipinski definition) is 5. The van der Waals surface area contributed by atoms with E-state index in [-0.39, 0.29) is 12.5 Å². The zero-order valence-electron chi connectivity index (χ0n) is 12.8. The molecule has 126 valence electrons. The lowest BCUT2D eigenvalue weighted by Crippen LogP contribution is -2.74. The summed E-state index contributed by atoms with van der Waals surface area (Å²) in [5.74, 6) is -1.32. The number of β-lactam (4-membered cyclic amide) rings is 1. The Kier molecular flexibility index (Phi) is 4.48. The van der Waals surface area contributed by atoms with Crippen LogP contribution in [-0.2, 0) is 14.4 Å². The lowest BCUT2D eigenvalue weighted by molar-refractivity contribution is -0.160. The molecule has 24 heavy (non-hydrogen) atoms. The molecule has 2 N–H and O–H groups in total. The van der Waals surface area contributed by atoms with Gasteiger partial charge in [-0.15, -0.1) is 11.8 Å². The Morgan fingerprint density at radius 2 is 2.04 bits per heavy atom. The van der Waals surface area contributed by atoms with E-state index in [9.17, 15) is 19.5 Å². The van der Waals surface area contributed by atoms with Gasteiger partial charge in [0.15, 0.2) is 12.6 Å². The summed E-state index contributed by atoms with van der Waals surface area (Å²) in [5.41, 5.74) is 0.606. The second-order valence-corrected chi connectivity index (χ2v) is 6.51. The molecule has 2 aliphatic heterocycles. The number of carbonyl (C=O) groups excluding carboxylic acids is 2. The Balaban J connectivity index is 1.58. The highest BCUT2D eigenvalue weighted by molar-refractivity contribution is 8.02. The van der Waals surface area contributed by atoms with E-state index in [4.69, 9.17) is 4.74 Å². The van der Waals surface area contributed by atoms with Crippen molar-refractivity contribution in [1.29, 1.82) is 0 Å². The number of hydrogen-bond donors (Lipinski definition) is 2. The number of aliphatic carboxylic acids is 1. The number of amides is 2. The zero-order chi connectivity index (χ0) is 17.3. The number of nitrogens with one attached hydrogen (secondary N) is 1. The molecule has 7 nitrogen and oxygen atoms in total. The van der Waals surface area contributed by atoms with Gasteiger partial charge in [-0.25, -0.2) is 4.79 Å². The molecule has 8 heteroatoms. The van der Waals surface area contributed by atoms with E-state index < -0.39 is 29.3 Å². The molecule has 2 aliphatic rings. The van der Waals surface area contributed by atoms with Crippen molar-refractivity contribution < 1.29 is 24.2 Å². The van der Waals surface area contributed by atoms with Crippen LogP contribution in [0.15, 0.2) is 41.3 Å². The molecule has 0 saturated carbocycles. The normalized spacial score (nSPS) is 25.2. The minimum absolute atomic E-state index is 0.206. The first kappa shape index (κ1) is 16.4. The smallest absolute Gasteiger partial charge is 0.330 e. The van der Waals surface area contributed by atoms with Gasteiger partial charge in [-0.1, -0.05) is 18.2 Å². The van der Waals surface area contributed by atoms with Crippen LogP contribution in [0.3, 0.4) is 0 Å². The zero-order valence-corrected chi connectivity index (χ0v) is 13.7. The molecule has 2 amide bonds. The summed E-state index contributed by atoms with van der Waals surface area (Å²) < 4.78 is 5.34. The van der Waals surface area contributed by atoms with Gasteiger partial charge in [0.05, 0.1) is 0 Å². The van der Waals surface area contributed by atoms with Crippen LogP contribution >= 0.6 is 11.8 Å². The molecule has 0 spiro atoms. The van der Waals surface area contributed by atoms with Crippen molar-refractivity contribution >= 4 is 29.5 Å². The molecule has 0 aliphatic carbocycles. The topological polar surface area (TPSA) is 95.9 Å². The van der Waals surface area contributed by atoms with Crippen molar-refractivity contribution in [2.45, 2.75) is 24.4 Å². The summed E-state index contributed by atoms with van der Waals surface area (Å²) >= 11 is 1.33. The number of benzene rings is 1. The first-order valence-corrected chi connectivity index (χ1v) is 8.27. The Bertz CT molecular complexity index is 706. The molecule has 2 heterocycles.